The molecule has 1 saturated carbocycles. The third-order valence-electron chi connectivity index (χ3n) is 3.94. The van der Waals surface area contributed by atoms with E-state index in [4.69, 9.17) is 10.5 Å². The molecular weight excluding hydrogens is 354 g/mol. The topological polar surface area (TPSA) is 69.4 Å². The van der Waals surface area contributed by atoms with E-state index in [1.54, 1.807) is 0 Å². The van der Waals surface area contributed by atoms with E-state index in [1.807, 2.05) is 25.1 Å². The van der Waals surface area contributed by atoms with Crippen LogP contribution in [0.2, 0.25) is 0 Å². The van der Waals surface area contributed by atoms with Gasteiger partial charge in [0, 0.05) is 28.8 Å². The number of ether oxygens (including phenoxy) is 1. The lowest BCUT2D eigenvalue weighted by atomic mass is 9.97. The van der Waals surface area contributed by atoms with Crippen molar-refractivity contribution in [2.24, 2.45) is 5.73 Å². The quantitative estimate of drug-likeness (QED) is 0.876. The minimum Gasteiger partial charge on any atom is -0.490 e. The van der Waals surface area contributed by atoms with E-state index in [-0.39, 0.29) is 17.4 Å². The first-order valence-electron chi connectivity index (χ1n) is 7.18. The van der Waals surface area contributed by atoms with Crippen LogP contribution >= 0.6 is 15.9 Å². The first-order valence-corrected chi connectivity index (χ1v) is 9.92. The Hall–Kier alpha value is -0.590. The fraction of sp³-hybridized carbons (Fsp3) is 0.600. The number of nitrogens with two attached hydrogens (primary N) is 1. The van der Waals surface area contributed by atoms with Crippen molar-refractivity contribution in [1.82, 2.24) is 0 Å². The SMILES string of the molecule is C[C@@H](N)c1ccc(Br)cc1OC1CCCC(S(C)(=O)=O)C1. The Kier molecular flexibility index (Phi) is 5.33. The van der Waals surface area contributed by atoms with Gasteiger partial charge in [-0.3, -0.25) is 0 Å². The smallest absolute Gasteiger partial charge is 0.150 e. The molecule has 0 aliphatic heterocycles. The third kappa shape index (κ3) is 4.44. The summed E-state index contributed by atoms with van der Waals surface area (Å²) in [6.07, 6.45) is 4.30. The molecule has 0 spiro atoms. The van der Waals surface area contributed by atoms with Crippen LogP contribution in [0, 0.1) is 0 Å². The van der Waals surface area contributed by atoms with Gasteiger partial charge in [-0.25, -0.2) is 8.42 Å². The summed E-state index contributed by atoms with van der Waals surface area (Å²) in [6, 6.07) is 5.66. The lowest BCUT2D eigenvalue weighted by Crippen LogP contribution is -2.33. The Morgan fingerprint density at radius 2 is 2.10 bits per heavy atom. The molecule has 4 nitrogen and oxygen atoms in total. The highest BCUT2D eigenvalue weighted by atomic mass is 79.9. The molecule has 0 saturated heterocycles. The average molecular weight is 376 g/mol. The molecule has 118 valence electrons. The summed E-state index contributed by atoms with van der Waals surface area (Å²) in [5.41, 5.74) is 6.92. The zero-order chi connectivity index (χ0) is 15.6. The van der Waals surface area contributed by atoms with Crippen molar-refractivity contribution in [2.75, 3.05) is 6.26 Å². The summed E-state index contributed by atoms with van der Waals surface area (Å²) in [6.45, 7) is 1.91. The van der Waals surface area contributed by atoms with Crippen LogP contribution in [0.5, 0.6) is 5.75 Å². The first-order chi connectivity index (χ1) is 9.77. The highest BCUT2D eigenvalue weighted by molar-refractivity contribution is 9.10. The second kappa shape index (κ2) is 6.67. The molecule has 2 unspecified atom stereocenters. The van der Waals surface area contributed by atoms with Gasteiger partial charge in [-0.15, -0.1) is 0 Å². The van der Waals surface area contributed by atoms with Crippen LogP contribution in [0.3, 0.4) is 0 Å². The number of sulfone groups is 1. The zero-order valence-electron chi connectivity index (χ0n) is 12.4. The highest BCUT2D eigenvalue weighted by Crippen LogP contribution is 2.32. The molecule has 0 bridgehead atoms. The highest BCUT2D eigenvalue weighted by Gasteiger charge is 2.30. The van der Waals surface area contributed by atoms with Crippen LogP contribution < -0.4 is 10.5 Å². The average Bonchev–Trinajstić information content (AvgIpc) is 2.37. The van der Waals surface area contributed by atoms with E-state index in [0.29, 0.717) is 6.42 Å². The van der Waals surface area contributed by atoms with Crippen molar-refractivity contribution in [2.45, 2.75) is 50.0 Å². The standard InChI is InChI=1S/C15H22BrNO3S/c1-10(17)14-7-6-11(16)8-15(14)20-12-4-3-5-13(9-12)21(2,18)19/h6-8,10,12-13H,3-5,9,17H2,1-2H3/t10-,12?,13?/m1/s1. The molecule has 1 aliphatic rings. The summed E-state index contributed by atoms with van der Waals surface area (Å²) >= 11 is 3.44. The molecule has 2 rings (SSSR count). The molecular formula is C15H22BrNO3S. The minimum absolute atomic E-state index is 0.0646. The van der Waals surface area contributed by atoms with E-state index in [0.717, 1.165) is 35.0 Å². The summed E-state index contributed by atoms with van der Waals surface area (Å²) < 4.78 is 30.5. The molecule has 0 amide bonds. The molecule has 6 heteroatoms. The number of rotatable bonds is 4. The van der Waals surface area contributed by atoms with Gasteiger partial charge in [0.2, 0.25) is 0 Å². The summed E-state index contributed by atoms with van der Waals surface area (Å²) in [5, 5.41) is -0.290. The predicted molar refractivity (Wildman–Crippen MR) is 88.3 cm³/mol. The van der Waals surface area contributed by atoms with Gasteiger partial charge in [0.1, 0.15) is 15.6 Å². The number of hydrogen-bond donors (Lipinski definition) is 1. The Labute approximate surface area is 135 Å². The van der Waals surface area contributed by atoms with Gasteiger partial charge in [-0.05, 0) is 38.3 Å². The molecule has 1 aromatic rings. The van der Waals surface area contributed by atoms with E-state index in [9.17, 15) is 8.42 Å². The van der Waals surface area contributed by atoms with Gasteiger partial charge in [0.25, 0.3) is 0 Å². The van der Waals surface area contributed by atoms with Crippen LogP contribution in [0.1, 0.15) is 44.2 Å². The van der Waals surface area contributed by atoms with Gasteiger partial charge in [0.05, 0.1) is 11.4 Å². The summed E-state index contributed by atoms with van der Waals surface area (Å²) in [5.74, 6) is 0.749. The monoisotopic (exact) mass is 375 g/mol. The zero-order valence-corrected chi connectivity index (χ0v) is 14.8. The lowest BCUT2D eigenvalue weighted by Gasteiger charge is -2.29. The maximum atomic E-state index is 11.7. The predicted octanol–water partition coefficient (Wildman–Crippen LogP) is 3.20. The van der Waals surface area contributed by atoms with Crippen LogP contribution in [-0.4, -0.2) is 26.0 Å². The van der Waals surface area contributed by atoms with Crippen LogP contribution in [0.15, 0.2) is 22.7 Å². The van der Waals surface area contributed by atoms with Crippen molar-refractivity contribution in [3.8, 4) is 5.75 Å². The van der Waals surface area contributed by atoms with Crippen molar-refractivity contribution in [3.63, 3.8) is 0 Å². The van der Waals surface area contributed by atoms with E-state index in [2.05, 4.69) is 15.9 Å². The molecule has 3 atom stereocenters. The number of hydrogen-bond acceptors (Lipinski definition) is 4. The molecule has 1 fully saturated rings. The van der Waals surface area contributed by atoms with Crippen LogP contribution in [0.25, 0.3) is 0 Å². The number of halogens is 1. The lowest BCUT2D eigenvalue weighted by molar-refractivity contribution is 0.154. The largest absolute Gasteiger partial charge is 0.490 e. The second-order valence-corrected chi connectivity index (χ2v) is 9.07. The third-order valence-corrected chi connectivity index (χ3v) is 6.08. The van der Waals surface area contributed by atoms with Crippen LogP contribution in [-0.2, 0) is 9.84 Å². The Balaban J connectivity index is 2.16. The minimum atomic E-state index is -3.00. The maximum Gasteiger partial charge on any atom is 0.150 e. The summed E-state index contributed by atoms with van der Waals surface area (Å²) in [7, 11) is -3.00. The van der Waals surface area contributed by atoms with E-state index >= 15 is 0 Å². The van der Waals surface area contributed by atoms with Gasteiger partial charge in [-0.1, -0.05) is 22.0 Å². The Morgan fingerprint density at radius 1 is 1.38 bits per heavy atom. The van der Waals surface area contributed by atoms with Crippen molar-refractivity contribution in [3.05, 3.63) is 28.2 Å². The van der Waals surface area contributed by atoms with Crippen molar-refractivity contribution < 1.29 is 13.2 Å². The molecule has 0 aromatic heterocycles. The molecule has 1 aliphatic carbocycles. The molecule has 0 radical (unpaired) electrons. The second-order valence-electron chi connectivity index (χ2n) is 5.83. The van der Waals surface area contributed by atoms with Gasteiger partial charge < -0.3 is 10.5 Å². The maximum absolute atomic E-state index is 11.7. The van der Waals surface area contributed by atoms with Crippen molar-refractivity contribution >= 4 is 25.8 Å². The molecule has 2 N–H and O–H groups in total. The van der Waals surface area contributed by atoms with Gasteiger partial charge in [0.15, 0.2) is 0 Å². The van der Waals surface area contributed by atoms with Gasteiger partial charge >= 0.3 is 0 Å². The van der Waals surface area contributed by atoms with Gasteiger partial charge in [-0.2, -0.15) is 0 Å². The van der Waals surface area contributed by atoms with E-state index < -0.39 is 9.84 Å². The fourth-order valence-corrected chi connectivity index (χ4v) is 4.26. The Morgan fingerprint density at radius 3 is 2.71 bits per heavy atom. The Bertz CT molecular complexity index is 601. The van der Waals surface area contributed by atoms with Crippen molar-refractivity contribution in [1.29, 1.82) is 0 Å². The van der Waals surface area contributed by atoms with E-state index in [1.165, 1.54) is 6.26 Å². The first kappa shape index (κ1) is 16.8. The normalized spacial score (nSPS) is 24.6. The molecule has 1 aromatic carbocycles. The molecule has 21 heavy (non-hydrogen) atoms. The molecule has 0 heterocycles. The van der Waals surface area contributed by atoms with Crippen LogP contribution in [0.4, 0.5) is 0 Å². The fourth-order valence-electron chi connectivity index (χ4n) is 2.76. The number of benzene rings is 1. The summed E-state index contributed by atoms with van der Waals surface area (Å²) in [4.78, 5) is 0.